The number of fused-ring (bicyclic) bond motifs is 4. The number of nitrogens with zero attached hydrogens (tertiary/aromatic N) is 1. The first kappa shape index (κ1) is 20.9. The summed E-state index contributed by atoms with van der Waals surface area (Å²) >= 11 is 0. The van der Waals surface area contributed by atoms with Crippen molar-refractivity contribution in [2.45, 2.75) is 64.8 Å². The zero-order chi connectivity index (χ0) is 21.5. The molecule has 1 amide bonds. The molecule has 0 saturated carbocycles. The molecule has 0 unspecified atom stereocenters. The van der Waals surface area contributed by atoms with E-state index < -0.39 is 0 Å². The van der Waals surface area contributed by atoms with E-state index >= 15 is 0 Å². The zero-order valence-electron chi connectivity index (χ0n) is 18.7. The van der Waals surface area contributed by atoms with Crippen LogP contribution in [-0.4, -0.2) is 35.0 Å². The van der Waals surface area contributed by atoms with Gasteiger partial charge in [-0.3, -0.25) is 9.69 Å². The van der Waals surface area contributed by atoms with Crippen LogP contribution in [0.3, 0.4) is 0 Å². The molecule has 0 spiro atoms. The Morgan fingerprint density at radius 2 is 2.10 bits per heavy atom. The maximum absolute atomic E-state index is 12.8. The number of aromatic hydroxyl groups is 1. The van der Waals surface area contributed by atoms with Crippen LogP contribution in [0, 0.1) is 12.8 Å². The Morgan fingerprint density at radius 1 is 1.30 bits per heavy atom. The fourth-order valence-corrected chi connectivity index (χ4v) is 5.62. The molecule has 30 heavy (non-hydrogen) atoms. The number of hydrogen-bond donors (Lipinski definition) is 2. The van der Waals surface area contributed by atoms with Crippen LogP contribution >= 0.6 is 0 Å². The standard InChI is InChI=1S/C26H34N2O2/c1-5-19-8-6-7-17(2)25(19)27-24(30)11-13-28-14-12-26(4)18(3)23(28)15-20-9-10-21(29)16-22(20)26/h6-10,16,18,23,29H,5,11-15H2,1-4H3,(H,27,30)/t18-,23+,26+/m0/s1. The number of piperidine rings is 1. The number of benzene rings is 2. The number of aryl methyl sites for hydroxylation is 2. The summed E-state index contributed by atoms with van der Waals surface area (Å²) in [6.45, 7) is 10.6. The van der Waals surface area contributed by atoms with Gasteiger partial charge < -0.3 is 10.4 Å². The van der Waals surface area contributed by atoms with E-state index in [4.69, 9.17) is 0 Å². The number of carbonyl (C=O) groups is 1. The van der Waals surface area contributed by atoms with E-state index in [1.165, 1.54) is 16.7 Å². The van der Waals surface area contributed by atoms with Gasteiger partial charge in [-0.15, -0.1) is 0 Å². The van der Waals surface area contributed by atoms with Crippen molar-refractivity contribution in [1.29, 1.82) is 0 Å². The van der Waals surface area contributed by atoms with Gasteiger partial charge in [0, 0.05) is 24.7 Å². The number of likely N-dealkylation sites (tertiary alicyclic amines) is 1. The first-order chi connectivity index (χ1) is 14.3. The second-order valence-corrected chi connectivity index (χ2v) is 9.37. The third kappa shape index (κ3) is 3.62. The van der Waals surface area contributed by atoms with Gasteiger partial charge in [-0.2, -0.15) is 0 Å². The molecule has 2 aromatic carbocycles. The minimum atomic E-state index is 0.0902. The number of carbonyl (C=O) groups excluding carboxylic acids is 1. The van der Waals surface area contributed by atoms with Gasteiger partial charge in [0.2, 0.25) is 5.91 Å². The molecule has 2 N–H and O–H groups in total. The summed E-state index contributed by atoms with van der Waals surface area (Å²) in [6.07, 6.45) is 3.47. The Morgan fingerprint density at radius 3 is 2.87 bits per heavy atom. The summed E-state index contributed by atoms with van der Waals surface area (Å²) in [5, 5.41) is 13.2. The van der Waals surface area contributed by atoms with Gasteiger partial charge >= 0.3 is 0 Å². The Labute approximate surface area is 180 Å². The fourth-order valence-electron chi connectivity index (χ4n) is 5.62. The predicted molar refractivity (Wildman–Crippen MR) is 122 cm³/mol. The van der Waals surface area contributed by atoms with Crippen molar-refractivity contribution in [3.8, 4) is 5.75 Å². The SMILES string of the molecule is CCc1cccc(C)c1NC(=O)CCN1CC[C@@]2(C)c3cc(O)ccc3C[C@@H]1[C@@H]2C. The molecule has 2 bridgehead atoms. The highest BCUT2D eigenvalue weighted by molar-refractivity contribution is 5.92. The van der Waals surface area contributed by atoms with Crippen molar-refractivity contribution in [1.82, 2.24) is 4.90 Å². The molecule has 2 aromatic rings. The number of rotatable bonds is 5. The van der Waals surface area contributed by atoms with Crippen molar-refractivity contribution in [2.75, 3.05) is 18.4 Å². The number of amides is 1. The van der Waals surface area contributed by atoms with Crippen LogP contribution < -0.4 is 5.32 Å². The lowest BCUT2D eigenvalue weighted by Crippen LogP contribution is -2.58. The lowest BCUT2D eigenvalue weighted by Gasteiger charge is -2.54. The third-order valence-electron chi connectivity index (χ3n) is 7.74. The van der Waals surface area contributed by atoms with Crippen LogP contribution in [0.4, 0.5) is 5.69 Å². The van der Waals surface area contributed by atoms with Crippen molar-refractivity contribution >= 4 is 11.6 Å². The largest absolute Gasteiger partial charge is 0.508 e. The molecule has 4 heteroatoms. The van der Waals surface area contributed by atoms with Crippen molar-refractivity contribution in [3.63, 3.8) is 0 Å². The van der Waals surface area contributed by atoms with Crippen molar-refractivity contribution < 1.29 is 9.90 Å². The first-order valence-electron chi connectivity index (χ1n) is 11.3. The molecule has 3 atom stereocenters. The highest BCUT2D eigenvalue weighted by Gasteiger charge is 2.48. The van der Waals surface area contributed by atoms with Crippen molar-refractivity contribution in [3.05, 3.63) is 58.7 Å². The van der Waals surface area contributed by atoms with Crippen LogP contribution in [0.5, 0.6) is 5.75 Å². The summed E-state index contributed by atoms with van der Waals surface area (Å²) in [7, 11) is 0. The van der Waals surface area contributed by atoms with E-state index in [0.717, 1.165) is 43.6 Å². The molecule has 4 nitrogen and oxygen atoms in total. The molecule has 1 fully saturated rings. The molecular formula is C26H34N2O2. The number of nitrogens with one attached hydrogen (secondary N) is 1. The maximum Gasteiger partial charge on any atom is 0.225 e. The molecule has 4 rings (SSSR count). The molecule has 1 aliphatic carbocycles. The van der Waals surface area contributed by atoms with Crippen LogP contribution in [0.25, 0.3) is 0 Å². The average molecular weight is 407 g/mol. The van der Waals surface area contributed by atoms with Gasteiger partial charge in [0.05, 0.1) is 0 Å². The van der Waals surface area contributed by atoms with E-state index in [9.17, 15) is 9.90 Å². The topological polar surface area (TPSA) is 52.6 Å². The molecule has 2 aliphatic rings. The zero-order valence-corrected chi connectivity index (χ0v) is 18.7. The summed E-state index contributed by atoms with van der Waals surface area (Å²) < 4.78 is 0. The van der Waals surface area contributed by atoms with E-state index in [2.05, 4.69) is 62.2 Å². The molecule has 160 valence electrons. The number of para-hydroxylation sites is 1. The summed E-state index contributed by atoms with van der Waals surface area (Å²) in [6, 6.07) is 12.5. The van der Waals surface area contributed by atoms with Gasteiger partial charge in [-0.25, -0.2) is 0 Å². The number of phenolic OH excluding ortho intramolecular Hbond substituents is 1. The second-order valence-electron chi connectivity index (χ2n) is 9.37. The van der Waals surface area contributed by atoms with Crippen LogP contribution in [0.2, 0.25) is 0 Å². The van der Waals surface area contributed by atoms with Gasteiger partial charge in [0.15, 0.2) is 0 Å². The second kappa shape index (κ2) is 8.07. The molecule has 1 aliphatic heterocycles. The Hall–Kier alpha value is -2.33. The molecular weight excluding hydrogens is 372 g/mol. The molecule has 1 heterocycles. The van der Waals surface area contributed by atoms with Crippen molar-refractivity contribution in [2.24, 2.45) is 5.92 Å². The van der Waals surface area contributed by atoms with Crippen LogP contribution in [0.1, 0.15) is 55.9 Å². The maximum atomic E-state index is 12.8. The minimum absolute atomic E-state index is 0.0902. The Bertz CT molecular complexity index is 954. The lowest BCUT2D eigenvalue weighted by molar-refractivity contribution is -0.117. The quantitative estimate of drug-likeness (QED) is 0.749. The van der Waals surface area contributed by atoms with E-state index in [1.54, 1.807) is 6.07 Å². The molecule has 0 radical (unpaired) electrons. The highest BCUT2D eigenvalue weighted by Crippen LogP contribution is 2.49. The first-order valence-corrected chi connectivity index (χ1v) is 11.3. The van der Waals surface area contributed by atoms with Gasteiger partial charge in [0.25, 0.3) is 0 Å². The summed E-state index contributed by atoms with van der Waals surface area (Å²) in [4.78, 5) is 15.3. The smallest absolute Gasteiger partial charge is 0.225 e. The van der Waals surface area contributed by atoms with E-state index in [0.29, 0.717) is 24.1 Å². The number of anilines is 1. The average Bonchev–Trinajstić information content (AvgIpc) is 2.72. The Kier molecular flexibility index (Phi) is 5.63. The number of hydrogen-bond acceptors (Lipinski definition) is 3. The summed E-state index contributed by atoms with van der Waals surface area (Å²) in [5.74, 6) is 0.954. The number of phenols is 1. The molecule has 1 saturated heterocycles. The summed E-state index contributed by atoms with van der Waals surface area (Å²) in [5.41, 5.74) is 6.05. The monoisotopic (exact) mass is 406 g/mol. The van der Waals surface area contributed by atoms with Gasteiger partial charge in [-0.05, 0) is 78.5 Å². The van der Waals surface area contributed by atoms with Crippen LogP contribution in [0.15, 0.2) is 36.4 Å². The van der Waals surface area contributed by atoms with E-state index in [1.807, 2.05) is 6.07 Å². The lowest BCUT2D eigenvalue weighted by atomic mass is 9.59. The normalized spacial score (nSPS) is 25.6. The minimum Gasteiger partial charge on any atom is -0.508 e. The fraction of sp³-hybridized carbons (Fsp3) is 0.500. The Balaban J connectivity index is 1.45. The molecule has 0 aromatic heterocycles. The van der Waals surface area contributed by atoms with Gasteiger partial charge in [-0.1, -0.05) is 45.0 Å². The third-order valence-corrected chi connectivity index (χ3v) is 7.74. The van der Waals surface area contributed by atoms with Crippen LogP contribution in [-0.2, 0) is 23.1 Å². The highest BCUT2D eigenvalue weighted by atomic mass is 16.3. The predicted octanol–water partition coefficient (Wildman–Crippen LogP) is 4.82. The van der Waals surface area contributed by atoms with Gasteiger partial charge in [0.1, 0.15) is 5.75 Å². The van der Waals surface area contributed by atoms with E-state index in [-0.39, 0.29) is 11.3 Å².